The number of aromatic nitrogens is 3. The SMILES string of the molecule is c1cnc2c(c1)CCCC2N(Cc1nc2ccccc2[nH]1)c1ccc(CC2C3CCN2C3)cc1. The van der Waals surface area contributed by atoms with Crippen LogP contribution < -0.4 is 4.90 Å². The molecule has 0 saturated carbocycles. The molecule has 5 nitrogen and oxygen atoms in total. The number of H-pyrrole nitrogens is 1. The van der Waals surface area contributed by atoms with Gasteiger partial charge < -0.3 is 9.88 Å². The largest absolute Gasteiger partial charge is 0.355 e. The second-order valence-corrected chi connectivity index (χ2v) is 10.3. The molecule has 8 rings (SSSR count). The van der Waals surface area contributed by atoms with E-state index in [4.69, 9.17) is 9.97 Å². The lowest BCUT2D eigenvalue weighted by molar-refractivity contribution is 0.107. The monoisotopic (exact) mass is 449 g/mol. The van der Waals surface area contributed by atoms with Crippen molar-refractivity contribution in [3.63, 3.8) is 0 Å². The van der Waals surface area contributed by atoms with Gasteiger partial charge in [0.2, 0.25) is 0 Å². The quantitative estimate of drug-likeness (QED) is 0.435. The zero-order chi connectivity index (χ0) is 22.5. The number of benzene rings is 2. The van der Waals surface area contributed by atoms with Crippen molar-refractivity contribution < 1.29 is 0 Å². The number of aromatic amines is 1. The highest BCUT2D eigenvalue weighted by Gasteiger charge is 2.44. The maximum absolute atomic E-state index is 4.90. The summed E-state index contributed by atoms with van der Waals surface area (Å²) in [5.41, 5.74) is 7.45. The fraction of sp³-hybridized carbons (Fsp3) is 0.379. The van der Waals surface area contributed by atoms with Crippen molar-refractivity contribution in [3.8, 4) is 0 Å². The molecule has 5 heteroatoms. The maximum Gasteiger partial charge on any atom is 0.126 e. The number of pyridine rings is 1. The summed E-state index contributed by atoms with van der Waals surface area (Å²) in [6, 6.07) is 23.0. The molecule has 0 spiro atoms. The molecule has 3 fully saturated rings. The summed E-state index contributed by atoms with van der Waals surface area (Å²) in [7, 11) is 0. The third-order valence-corrected chi connectivity index (χ3v) is 8.28. The summed E-state index contributed by atoms with van der Waals surface area (Å²) >= 11 is 0. The van der Waals surface area contributed by atoms with E-state index >= 15 is 0 Å². The second kappa shape index (κ2) is 8.24. The third kappa shape index (κ3) is 3.50. The fourth-order valence-corrected chi connectivity index (χ4v) is 6.46. The van der Waals surface area contributed by atoms with Crippen molar-refractivity contribution >= 4 is 16.7 Å². The summed E-state index contributed by atoms with van der Waals surface area (Å²) in [6.45, 7) is 3.36. The topological polar surface area (TPSA) is 48.1 Å². The van der Waals surface area contributed by atoms with Crippen molar-refractivity contribution in [1.29, 1.82) is 0 Å². The first-order valence-corrected chi connectivity index (χ1v) is 12.8. The van der Waals surface area contributed by atoms with Crippen molar-refractivity contribution in [2.75, 3.05) is 18.0 Å². The van der Waals surface area contributed by atoms with E-state index < -0.39 is 0 Å². The Morgan fingerprint density at radius 3 is 2.74 bits per heavy atom. The molecule has 34 heavy (non-hydrogen) atoms. The first kappa shape index (κ1) is 20.2. The minimum absolute atomic E-state index is 0.262. The lowest BCUT2D eigenvalue weighted by Crippen LogP contribution is -2.48. The molecular weight excluding hydrogens is 418 g/mol. The van der Waals surface area contributed by atoms with Crippen molar-refractivity contribution in [1.82, 2.24) is 19.9 Å². The van der Waals surface area contributed by atoms with E-state index in [0.29, 0.717) is 0 Å². The summed E-state index contributed by atoms with van der Waals surface area (Å²) in [5.74, 6) is 1.93. The molecule has 3 saturated heterocycles. The smallest absolute Gasteiger partial charge is 0.126 e. The highest BCUT2D eigenvalue weighted by atomic mass is 15.3. The molecular formula is C29H31N5. The van der Waals surface area contributed by atoms with Crippen molar-refractivity contribution in [3.05, 3.63) is 89.5 Å². The first-order valence-electron chi connectivity index (χ1n) is 12.8. The normalized spacial score (nSPS) is 25.2. The highest BCUT2D eigenvalue weighted by molar-refractivity contribution is 5.74. The molecule has 1 aliphatic carbocycles. The lowest BCUT2D eigenvalue weighted by Gasteiger charge is -2.39. The van der Waals surface area contributed by atoms with Gasteiger partial charge in [0.05, 0.1) is 29.3 Å². The van der Waals surface area contributed by atoms with Crippen LogP contribution in [-0.2, 0) is 19.4 Å². The van der Waals surface area contributed by atoms with E-state index in [1.165, 1.54) is 54.9 Å². The van der Waals surface area contributed by atoms with Crippen LogP contribution in [0.2, 0.25) is 0 Å². The molecule has 3 aliphatic heterocycles. The molecule has 1 N–H and O–H groups in total. The number of hydrogen-bond acceptors (Lipinski definition) is 4. The average Bonchev–Trinajstić information content (AvgIpc) is 3.62. The Morgan fingerprint density at radius 2 is 1.91 bits per heavy atom. The third-order valence-electron chi connectivity index (χ3n) is 8.28. The molecule has 2 aromatic carbocycles. The molecule has 4 aliphatic rings. The van der Waals surface area contributed by atoms with E-state index in [2.05, 4.69) is 75.4 Å². The molecule has 5 heterocycles. The first-order chi connectivity index (χ1) is 16.8. The fourth-order valence-electron chi connectivity index (χ4n) is 6.46. The van der Waals surface area contributed by atoms with Crippen molar-refractivity contribution in [2.24, 2.45) is 5.92 Å². The van der Waals surface area contributed by atoms with Crippen molar-refractivity contribution in [2.45, 2.75) is 50.7 Å². The van der Waals surface area contributed by atoms with Gasteiger partial charge in [-0.15, -0.1) is 0 Å². The number of rotatable bonds is 6. The Labute approximate surface area is 200 Å². The van der Waals surface area contributed by atoms with Crippen LogP contribution in [-0.4, -0.2) is 39.0 Å². The Bertz CT molecular complexity index is 1260. The van der Waals surface area contributed by atoms with E-state index in [9.17, 15) is 0 Å². The van der Waals surface area contributed by atoms with E-state index in [-0.39, 0.29) is 6.04 Å². The zero-order valence-corrected chi connectivity index (χ0v) is 19.5. The zero-order valence-electron chi connectivity index (χ0n) is 19.5. The molecule has 2 bridgehead atoms. The lowest BCUT2D eigenvalue weighted by atomic mass is 9.88. The molecule has 0 radical (unpaired) electrons. The Hall–Kier alpha value is -3.18. The van der Waals surface area contributed by atoms with Gasteiger partial charge in [0, 0.05) is 24.5 Å². The van der Waals surface area contributed by atoms with Gasteiger partial charge in [-0.1, -0.05) is 30.3 Å². The van der Waals surface area contributed by atoms with E-state index in [1.54, 1.807) is 0 Å². The van der Waals surface area contributed by atoms with Gasteiger partial charge in [0.1, 0.15) is 5.82 Å². The molecule has 2 aromatic heterocycles. The van der Waals surface area contributed by atoms with Crippen LogP contribution >= 0.6 is 0 Å². The van der Waals surface area contributed by atoms with Gasteiger partial charge in [-0.3, -0.25) is 9.88 Å². The van der Waals surface area contributed by atoms with Crippen LogP contribution in [0.1, 0.15) is 47.9 Å². The van der Waals surface area contributed by atoms with Gasteiger partial charge in [-0.25, -0.2) is 4.98 Å². The second-order valence-electron chi connectivity index (χ2n) is 10.3. The van der Waals surface area contributed by atoms with E-state index in [1.807, 2.05) is 6.20 Å². The number of aryl methyl sites for hydroxylation is 1. The summed E-state index contributed by atoms with van der Waals surface area (Å²) in [6.07, 6.45) is 7.95. The minimum Gasteiger partial charge on any atom is -0.355 e. The maximum atomic E-state index is 4.90. The Balaban J connectivity index is 1.21. The van der Waals surface area contributed by atoms with Crippen LogP contribution in [0.5, 0.6) is 0 Å². The summed E-state index contributed by atoms with van der Waals surface area (Å²) in [4.78, 5) is 18.5. The number of nitrogens with zero attached hydrogens (tertiary/aromatic N) is 4. The van der Waals surface area contributed by atoms with E-state index in [0.717, 1.165) is 48.2 Å². The minimum atomic E-state index is 0.262. The Morgan fingerprint density at radius 1 is 1.00 bits per heavy atom. The molecule has 4 unspecified atom stereocenters. The number of imidazole rings is 1. The van der Waals surface area contributed by atoms with Crippen LogP contribution in [0.4, 0.5) is 5.69 Å². The summed E-state index contributed by atoms with van der Waals surface area (Å²) < 4.78 is 0. The molecule has 4 atom stereocenters. The van der Waals surface area contributed by atoms with Gasteiger partial charge >= 0.3 is 0 Å². The number of fused-ring (bicyclic) bond motifs is 3. The van der Waals surface area contributed by atoms with Gasteiger partial charge in [-0.05, 0) is 86.0 Å². The number of nitrogens with one attached hydrogen (secondary N) is 1. The van der Waals surface area contributed by atoms with Gasteiger partial charge in [0.25, 0.3) is 0 Å². The number of hydrogen-bond donors (Lipinski definition) is 1. The average molecular weight is 450 g/mol. The molecule has 0 amide bonds. The Kier molecular flexibility index (Phi) is 4.90. The highest BCUT2D eigenvalue weighted by Crippen LogP contribution is 2.39. The van der Waals surface area contributed by atoms with Gasteiger partial charge in [-0.2, -0.15) is 0 Å². The van der Waals surface area contributed by atoms with Gasteiger partial charge in [0.15, 0.2) is 0 Å². The summed E-state index contributed by atoms with van der Waals surface area (Å²) in [5, 5.41) is 0. The standard InChI is InChI=1S/C29H31N5/c1-2-8-25-24(7-1)31-28(32-25)19-34(26-9-3-5-21-6-4-15-30-29(21)26)23-12-10-20(11-13-23)17-27-22-14-16-33(27)18-22/h1-2,4,6-8,10-13,15,22,26-27H,3,5,9,14,16-19H2,(H,31,32). The number of anilines is 1. The van der Waals surface area contributed by atoms with Crippen LogP contribution in [0.3, 0.4) is 0 Å². The predicted octanol–water partition coefficient (Wildman–Crippen LogP) is 5.29. The van der Waals surface area contributed by atoms with Crippen LogP contribution in [0.25, 0.3) is 11.0 Å². The molecule has 4 aromatic rings. The predicted molar refractivity (Wildman–Crippen MR) is 136 cm³/mol. The van der Waals surface area contributed by atoms with Crippen LogP contribution in [0.15, 0.2) is 66.9 Å². The molecule has 172 valence electrons. The van der Waals surface area contributed by atoms with Crippen LogP contribution in [0, 0.1) is 5.92 Å². The number of para-hydroxylation sites is 2.